The van der Waals surface area contributed by atoms with E-state index in [-0.39, 0.29) is 12.2 Å². The predicted molar refractivity (Wildman–Crippen MR) is 152 cm³/mol. The summed E-state index contributed by atoms with van der Waals surface area (Å²) in [6.45, 7) is 11.7. The molecule has 11 nitrogen and oxygen atoms in total. The molecule has 0 radical (unpaired) electrons. The van der Waals surface area contributed by atoms with Crippen LogP contribution in [0, 0.1) is 0 Å². The van der Waals surface area contributed by atoms with Crippen molar-refractivity contribution in [1.29, 1.82) is 0 Å². The van der Waals surface area contributed by atoms with Crippen LogP contribution >= 0.6 is 0 Å². The highest BCUT2D eigenvalue weighted by molar-refractivity contribution is 6.10. The first-order valence-electron chi connectivity index (χ1n) is 13.0. The summed E-state index contributed by atoms with van der Waals surface area (Å²) in [5.41, 5.74) is 9.47. The Kier molecular flexibility index (Phi) is 8.70. The van der Waals surface area contributed by atoms with E-state index >= 15 is 0 Å². The lowest BCUT2D eigenvalue weighted by atomic mass is 10.1. The molecule has 0 aromatic carbocycles. The second-order valence-electron chi connectivity index (χ2n) is 10.6. The normalized spacial score (nSPS) is 14.7. The van der Waals surface area contributed by atoms with Crippen molar-refractivity contribution in [3.63, 3.8) is 0 Å². The molecule has 1 fully saturated rings. The maximum Gasteiger partial charge on any atom is 0.410 e. The number of hydrogen-bond donors (Lipinski definition) is 2. The number of carbonyl (C=O) groups is 1. The van der Waals surface area contributed by atoms with Crippen molar-refractivity contribution in [3.05, 3.63) is 54.0 Å². The Morgan fingerprint density at radius 1 is 1.21 bits per heavy atom. The lowest BCUT2D eigenvalue weighted by molar-refractivity contribution is -0.0608. The van der Waals surface area contributed by atoms with Gasteiger partial charge in [0.15, 0.2) is 5.82 Å². The molecule has 3 aromatic heterocycles. The first-order valence-corrected chi connectivity index (χ1v) is 13.0. The highest BCUT2D eigenvalue weighted by Crippen LogP contribution is 2.22. The van der Waals surface area contributed by atoms with E-state index in [1.165, 1.54) is 6.20 Å². The highest BCUT2D eigenvalue weighted by Gasteiger charge is 2.34. The lowest BCUT2D eigenvalue weighted by Gasteiger charge is -2.39. The van der Waals surface area contributed by atoms with Crippen LogP contribution in [0.5, 0.6) is 0 Å². The number of likely N-dealkylation sites (tertiary alicyclic amines) is 1. The number of hydrogen-bond acceptors (Lipinski definition) is 10. The minimum atomic E-state index is -0.503. The first-order chi connectivity index (χ1) is 18.6. The van der Waals surface area contributed by atoms with Gasteiger partial charge in [0.1, 0.15) is 11.4 Å². The van der Waals surface area contributed by atoms with Gasteiger partial charge < -0.3 is 25.4 Å². The largest absolute Gasteiger partial charge is 0.444 e. The molecular weight excluding hydrogens is 496 g/mol. The van der Waals surface area contributed by atoms with Gasteiger partial charge in [0.25, 0.3) is 0 Å². The van der Waals surface area contributed by atoms with Crippen molar-refractivity contribution in [2.45, 2.75) is 52.2 Å². The fourth-order valence-electron chi connectivity index (χ4n) is 3.79. The van der Waals surface area contributed by atoms with Crippen LogP contribution in [0.1, 0.15) is 51.7 Å². The molecule has 1 aliphatic rings. The lowest BCUT2D eigenvalue weighted by Crippen LogP contribution is -2.56. The van der Waals surface area contributed by atoms with Crippen molar-refractivity contribution in [2.24, 2.45) is 10.7 Å². The number of ether oxygens (including phenoxy) is 2. The third kappa shape index (κ3) is 7.70. The zero-order valence-corrected chi connectivity index (χ0v) is 23.1. The number of pyridine rings is 2. The summed E-state index contributed by atoms with van der Waals surface area (Å²) in [7, 11) is 0. The molecule has 0 spiro atoms. The summed E-state index contributed by atoms with van der Waals surface area (Å²) in [4.78, 5) is 27.3. The fourth-order valence-corrected chi connectivity index (χ4v) is 3.79. The van der Waals surface area contributed by atoms with Crippen LogP contribution in [-0.4, -0.2) is 75.3 Å². The molecular formula is C28H36N8O3. The number of amides is 1. The van der Waals surface area contributed by atoms with Gasteiger partial charge in [-0.05, 0) is 56.5 Å². The molecule has 4 heterocycles. The molecule has 1 saturated heterocycles. The molecule has 1 amide bonds. The molecule has 0 atom stereocenters. The van der Waals surface area contributed by atoms with E-state index < -0.39 is 5.60 Å². The number of nitrogens with zero attached hydrogens (tertiary/aromatic N) is 6. The number of fused-ring (bicyclic) bond motifs is 1. The Labute approximate surface area is 228 Å². The number of carbonyl (C=O) groups excluding carboxylic acids is 1. The molecule has 206 valence electrons. The Morgan fingerprint density at radius 3 is 2.72 bits per heavy atom. The number of rotatable bonds is 9. The van der Waals surface area contributed by atoms with Gasteiger partial charge >= 0.3 is 6.09 Å². The van der Waals surface area contributed by atoms with Gasteiger partial charge in [0.2, 0.25) is 0 Å². The van der Waals surface area contributed by atoms with Gasteiger partial charge in [-0.2, -0.15) is 5.10 Å². The summed E-state index contributed by atoms with van der Waals surface area (Å²) < 4.78 is 11.2. The average Bonchev–Trinajstić information content (AvgIpc) is 2.85. The molecule has 39 heavy (non-hydrogen) atoms. The van der Waals surface area contributed by atoms with Crippen molar-refractivity contribution >= 4 is 40.6 Å². The topological polar surface area (TPSA) is 141 Å². The summed E-state index contributed by atoms with van der Waals surface area (Å²) in [6.07, 6.45) is 6.39. The molecule has 11 heteroatoms. The standard InChI is InChI=1S/C28H36N8O3/c1-18(2)19-11-26(35-32-15-19)34-25-7-6-23-24(33-25)10-20(14-31-23)21(12-29)13-30-8-9-38-22-16-36(17-22)27(37)39-28(3,4)5/h6-7,10-15,18,22H,8-9,16-17,29H2,1-5H3,(H,33,34,35). The highest BCUT2D eigenvalue weighted by atomic mass is 16.6. The van der Waals surface area contributed by atoms with Crippen molar-refractivity contribution in [2.75, 3.05) is 31.6 Å². The summed E-state index contributed by atoms with van der Waals surface area (Å²) in [5.74, 6) is 1.62. The second kappa shape index (κ2) is 12.2. The van der Waals surface area contributed by atoms with Gasteiger partial charge in [0, 0.05) is 29.7 Å². The molecule has 3 N–H and O–H groups in total. The first kappa shape index (κ1) is 27.9. The van der Waals surface area contributed by atoms with Gasteiger partial charge in [-0.25, -0.2) is 9.78 Å². The van der Waals surface area contributed by atoms with Crippen LogP contribution in [0.15, 0.2) is 47.9 Å². The number of aliphatic imine (C=N–C) groups is 1. The van der Waals surface area contributed by atoms with Crippen LogP contribution in [0.3, 0.4) is 0 Å². The van der Waals surface area contributed by atoms with E-state index in [4.69, 9.17) is 20.2 Å². The van der Waals surface area contributed by atoms with Crippen LogP contribution in [-0.2, 0) is 9.47 Å². The molecule has 0 unspecified atom stereocenters. The van der Waals surface area contributed by atoms with Crippen molar-refractivity contribution in [3.8, 4) is 0 Å². The maximum absolute atomic E-state index is 12.0. The van der Waals surface area contributed by atoms with E-state index in [0.717, 1.165) is 22.2 Å². The van der Waals surface area contributed by atoms with E-state index in [0.29, 0.717) is 49.3 Å². The number of nitrogens with one attached hydrogen (secondary N) is 1. The predicted octanol–water partition coefficient (Wildman–Crippen LogP) is 4.29. The zero-order chi connectivity index (χ0) is 28.0. The zero-order valence-electron chi connectivity index (χ0n) is 23.1. The summed E-state index contributed by atoms with van der Waals surface area (Å²) >= 11 is 0. The van der Waals surface area contributed by atoms with Crippen LogP contribution in [0.2, 0.25) is 0 Å². The average molecular weight is 533 g/mol. The number of anilines is 2. The van der Waals surface area contributed by atoms with Crippen LogP contribution in [0.25, 0.3) is 16.6 Å². The van der Waals surface area contributed by atoms with Crippen molar-refractivity contribution in [1.82, 2.24) is 25.1 Å². The van der Waals surface area contributed by atoms with Gasteiger partial charge in [-0.15, -0.1) is 5.10 Å². The third-order valence-corrected chi connectivity index (χ3v) is 5.95. The Morgan fingerprint density at radius 2 is 2.00 bits per heavy atom. The van der Waals surface area contributed by atoms with E-state index in [9.17, 15) is 4.79 Å². The van der Waals surface area contributed by atoms with Gasteiger partial charge in [-0.3, -0.25) is 9.98 Å². The monoisotopic (exact) mass is 532 g/mol. The second-order valence-corrected chi connectivity index (χ2v) is 10.6. The van der Waals surface area contributed by atoms with Gasteiger partial charge in [-0.1, -0.05) is 13.8 Å². The summed E-state index contributed by atoms with van der Waals surface area (Å²) in [6, 6.07) is 7.64. The van der Waals surface area contributed by atoms with Crippen LogP contribution < -0.4 is 11.1 Å². The Balaban J connectivity index is 1.30. The number of aromatic nitrogens is 4. The summed E-state index contributed by atoms with van der Waals surface area (Å²) in [5, 5.41) is 11.5. The molecule has 3 aromatic rings. The maximum atomic E-state index is 12.0. The molecule has 0 bridgehead atoms. The number of nitrogens with two attached hydrogens (primary N) is 1. The van der Waals surface area contributed by atoms with Crippen molar-refractivity contribution < 1.29 is 14.3 Å². The van der Waals surface area contributed by atoms with E-state index in [1.807, 2.05) is 45.0 Å². The molecule has 0 saturated carbocycles. The molecule has 4 rings (SSSR count). The smallest absolute Gasteiger partial charge is 0.410 e. The quantitative estimate of drug-likeness (QED) is 0.305. The minimum Gasteiger partial charge on any atom is -0.444 e. The SMILES string of the molecule is CC(C)c1cnnc(Nc2ccc3ncc(C(C=NCCOC4CN(C(=O)OC(C)(C)C)C4)=CN)cc3n2)c1. The van der Waals surface area contributed by atoms with Gasteiger partial charge in [0.05, 0.1) is 49.6 Å². The number of allylic oxidation sites excluding steroid dienone is 1. The fraction of sp³-hybridized carbons (Fsp3) is 0.429. The molecule has 1 aliphatic heterocycles. The minimum absolute atomic E-state index is 0.00497. The Hall–Kier alpha value is -4.12. The third-order valence-electron chi connectivity index (χ3n) is 5.95. The molecule has 0 aliphatic carbocycles. The van der Waals surface area contributed by atoms with Crippen LogP contribution in [0.4, 0.5) is 16.4 Å². The van der Waals surface area contributed by atoms with E-state index in [2.05, 4.69) is 39.3 Å². The Bertz CT molecular complexity index is 1360. The van der Waals surface area contributed by atoms with E-state index in [1.54, 1.807) is 23.5 Å².